The number of carbonyl (C=O) groups is 2. The van der Waals surface area contributed by atoms with Gasteiger partial charge in [0.15, 0.2) is 11.5 Å². The number of benzene rings is 1. The Bertz CT molecular complexity index is 619. The molecule has 1 saturated heterocycles. The van der Waals surface area contributed by atoms with Crippen LogP contribution in [0.2, 0.25) is 0 Å². The second-order valence-corrected chi connectivity index (χ2v) is 6.14. The summed E-state index contributed by atoms with van der Waals surface area (Å²) in [6, 6.07) is 3.46. The highest BCUT2D eigenvalue weighted by molar-refractivity contribution is 5.82. The molecule has 7 heteroatoms. The number of carboxylic acid groups (broad SMARTS) is 1. The number of carbonyl (C=O) groups excluding carboxylic acids is 1. The van der Waals surface area contributed by atoms with E-state index in [9.17, 15) is 14.7 Å². The largest absolute Gasteiger partial charge is 0.493 e. The third-order valence-electron chi connectivity index (χ3n) is 4.42. The van der Waals surface area contributed by atoms with Gasteiger partial charge in [0.25, 0.3) is 0 Å². The van der Waals surface area contributed by atoms with Crippen molar-refractivity contribution in [3.05, 3.63) is 17.7 Å². The monoisotopic (exact) mass is 337 g/mol. The van der Waals surface area contributed by atoms with Gasteiger partial charge >= 0.3 is 5.97 Å². The van der Waals surface area contributed by atoms with Gasteiger partial charge in [-0.15, -0.1) is 0 Å². The number of aliphatic carboxylic acids is 1. The van der Waals surface area contributed by atoms with Gasteiger partial charge < -0.3 is 24.2 Å². The third kappa shape index (κ3) is 3.39. The molecule has 132 valence electrons. The molecule has 1 unspecified atom stereocenters. The second-order valence-electron chi connectivity index (χ2n) is 6.14. The summed E-state index contributed by atoms with van der Waals surface area (Å²) in [6.45, 7) is 2.35. The van der Waals surface area contributed by atoms with Gasteiger partial charge in [-0.05, 0) is 31.0 Å². The van der Waals surface area contributed by atoms with Crippen LogP contribution in [0, 0.1) is 5.41 Å². The topological polar surface area (TPSA) is 85.3 Å². The van der Waals surface area contributed by atoms with Crippen molar-refractivity contribution in [3.8, 4) is 17.2 Å². The maximum absolute atomic E-state index is 12.5. The van der Waals surface area contributed by atoms with Gasteiger partial charge in [-0.25, -0.2) is 0 Å². The highest BCUT2D eigenvalue weighted by Gasteiger charge is 2.42. The number of hydrogen-bond donors (Lipinski definition) is 1. The minimum Gasteiger partial charge on any atom is -0.493 e. The van der Waals surface area contributed by atoms with Crippen molar-refractivity contribution in [1.82, 2.24) is 4.90 Å². The molecule has 24 heavy (non-hydrogen) atoms. The summed E-state index contributed by atoms with van der Waals surface area (Å²) in [6.07, 6.45) is 0.607. The van der Waals surface area contributed by atoms with Crippen LogP contribution in [0.4, 0.5) is 0 Å². The quantitative estimate of drug-likeness (QED) is 0.848. The van der Waals surface area contributed by atoms with E-state index in [4.69, 9.17) is 14.2 Å². The molecule has 0 spiro atoms. The summed E-state index contributed by atoms with van der Waals surface area (Å²) in [5.41, 5.74) is -0.149. The second kappa shape index (κ2) is 6.98. The van der Waals surface area contributed by atoms with Gasteiger partial charge in [0.05, 0.1) is 33.2 Å². The van der Waals surface area contributed by atoms with Gasteiger partial charge in [0.2, 0.25) is 11.7 Å². The first-order valence-electron chi connectivity index (χ1n) is 7.64. The number of ether oxygens (including phenoxy) is 3. The molecule has 2 rings (SSSR count). The molecule has 1 aliphatic heterocycles. The van der Waals surface area contributed by atoms with Crippen molar-refractivity contribution in [2.75, 3.05) is 34.4 Å². The normalized spacial score (nSPS) is 19.9. The Morgan fingerprint density at radius 2 is 1.75 bits per heavy atom. The van der Waals surface area contributed by atoms with E-state index in [0.29, 0.717) is 30.2 Å². The van der Waals surface area contributed by atoms with Crippen LogP contribution in [0.3, 0.4) is 0 Å². The molecule has 1 heterocycles. The minimum atomic E-state index is -0.870. The van der Waals surface area contributed by atoms with Crippen LogP contribution in [-0.4, -0.2) is 56.3 Å². The maximum atomic E-state index is 12.5. The number of nitrogens with zero attached hydrogens (tertiary/aromatic N) is 1. The highest BCUT2D eigenvalue weighted by Crippen LogP contribution is 2.38. The van der Waals surface area contributed by atoms with Gasteiger partial charge in [-0.2, -0.15) is 0 Å². The van der Waals surface area contributed by atoms with Crippen LogP contribution in [0.1, 0.15) is 18.9 Å². The predicted molar refractivity (Wildman–Crippen MR) is 86.7 cm³/mol. The average molecular weight is 337 g/mol. The van der Waals surface area contributed by atoms with Crippen molar-refractivity contribution in [1.29, 1.82) is 0 Å². The summed E-state index contributed by atoms with van der Waals surface area (Å²) in [5, 5.41) is 9.27. The van der Waals surface area contributed by atoms with Gasteiger partial charge in [0, 0.05) is 13.1 Å². The number of likely N-dealkylation sites (tertiary alicyclic amines) is 1. The molecule has 0 saturated carbocycles. The smallest absolute Gasteiger partial charge is 0.311 e. The molecule has 1 amide bonds. The van der Waals surface area contributed by atoms with Gasteiger partial charge in [-0.3, -0.25) is 9.59 Å². The Morgan fingerprint density at radius 1 is 1.17 bits per heavy atom. The molecule has 1 aliphatic rings. The molecular weight excluding hydrogens is 314 g/mol. The zero-order valence-electron chi connectivity index (χ0n) is 14.4. The Kier molecular flexibility index (Phi) is 5.21. The van der Waals surface area contributed by atoms with E-state index >= 15 is 0 Å². The molecule has 0 aliphatic carbocycles. The summed E-state index contributed by atoms with van der Waals surface area (Å²) in [7, 11) is 4.55. The van der Waals surface area contributed by atoms with E-state index in [1.54, 1.807) is 24.0 Å². The molecule has 1 atom stereocenters. The SMILES string of the molecule is COc1cc(CC(=O)N2CCC(C)(C(=O)O)C2)cc(OC)c1OC. The molecule has 1 aromatic rings. The van der Waals surface area contributed by atoms with E-state index in [1.165, 1.54) is 21.3 Å². The van der Waals surface area contributed by atoms with E-state index in [2.05, 4.69) is 0 Å². The van der Waals surface area contributed by atoms with Crippen LogP contribution in [0.25, 0.3) is 0 Å². The fourth-order valence-electron chi connectivity index (χ4n) is 2.87. The fraction of sp³-hybridized carbons (Fsp3) is 0.529. The first-order valence-corrected chi connectivity index (χ1v) is 7.64. The van der Waals surface area contributed by atoms with E-state index in [1.807, 2.05) is 0 Å². The zero-order valence-corrected chi connectivity index (χ0v) is 14.4. The van der Waals surface area contributed by atoms with E-state index in [-0.39, 0.29) is 18.9 Å². The molecule has 7 nitrogen and oxygen atoms in total. The minimum absolute atomic E-state index is 0.116. The van der Waals surface area contributed by atoms with Gasteiger partial charge in [-0.1, -0.05) is 0 Å². The lowest BCUT2D eigenvalue weighted by Gasteiger charge is -2.20. The first-order chi connectivity index (χ1) is 11.3. The number of rotatable bonds is 6. The van der Waals surface area contributed by atoms with Crippen LogP contribution in [-0.2, 0) is 16.0 Å². The number of hydrogen-bond acceptors (Lipinski definition) is 5. The Labute approximate surface area is 141 Å². The highest BCUT2D eigenvalue weighted by atomic mass is 16.5. The Hall–Kier alpha value is -2.44. The standard InChI is InChI=1S/C17H23NO6/c1-17(16(20)21)5-6-18(10-17)14(19)9-11-7-12(22-2)15(24-4)13(8-11)23-3/h7-8H,5-6,9-10H2,1-4H3,(H,20,21). The lowest BCUT2D eigenvalue weighted by atomic mass is 9.90. The average Bonchev–Trinajstić information content (AvgIpc) is 2.97. The van der Waals surface area contributed by atoms with Gasteiger partial charge in [0.1, 0.15) is 0 Å². The van der Waals surface area contributed by atoms with Crippen LogP contribution in [0.5, 0.6) is 17.2 Å². The molecule has 0 radical (unpaired) electrons. The predicted octanol–water partition coefficient (Wildman–Crippen LogP) is 1.58. The summed E-state index contributed by atoms with van der Waals surface area (Å²) in [4.78, 5) is 25.4. The van der Waals surface area contributed by atoms with Crippen molar-refractivity contribution < 1.29 is 28.9 Å². The van der Waals surface area contributed by atoms with E-state index in [0.717, 1.165) is 5.56 Å². The molecule has 1 N–H and O–H groups in total. The summed E-state index contributed by atoms with van der Waals surface area (Å²) >= 11 is 0. The molecule has 1 fully saturated rings. The lowest BCUT2D eigenvalue weighted by Crippen LogP contribution is -2.35. The van der Waals surface area contributed by atoms with Crippen molar-refractivity contribution >= 4 is 11.9 Å². The van der Waals surface area contributed by atoms with Crippen molar-refractivity contribution in [2.45, 2.75) is 19.8 Å². The van der Waals surface area contributed by atoms with Crippen LogP contribution in [0.15, 0.2) is 12.1 Å². The maximum Gasteiger partial charge on any atom is 0.311 e. The summed E-state index contributed by atoms with van der Waals surface area (Å²) in [5.74, 6) is 0.448. The van der Waals surface area contributed by atoms with Crippen molar-refractivity contribution in [2.24, 2.45) is 5.41 Å². The Morgan fingerprint density at radius 3 is 2.17 bits per heavy atom. The number of amides is 1. The van der Waals surface area contributed by atoms with E-state index < -0.39 is 11.4 Å². The van der Waals surface area contributed by atoms with Crippen LogP contribution < -0.4 is 14.2 Å². The fourth-order valence-corrected chi connectivity index (χ4v) is 2.87. The molecule has 0 bridgehead atoms. The number of carboxylic acids is 1. The summed E-state index contributed by atoms with van der Waals surface area (Å²) < 4.78 is 15.8. The Balaban J connectivity index is 2.16. The molecule has 1 aromatic carbocycles. The number of methoxy groups -OCH3 is 3. The zero-order chi connectivity index (χ0) is 17.9. The molecular formula is C17H23NO6. The van der Waals surface area contributed by atoms with Crippen molar-refractivity contribution in [3.63, 3.8) is 0 Å². The lowest BCUT2D eigenvalue weighted by molar-refractivity contribution is -0.147. The third-order valence-corrected chi connectivity index (χ3v) is 4.42. The molecule has 0 aromatic heterocycles. The van der Waals surface area contributed by atoms with Crippen LogP contribution >= 0.6 is 0 Å². The first kappa shape index (κ1) is 17.9.